The van der Waals surface area contributed by atoms with Gasteiger partial charge in [0, 0.05) is 54.9 Å². The highest BCUT2D eigenvalue weighted by Gasteiger charge is 2.31. The second-order valence-corrected chi connectivity index (χ2v) is 9.31. The van der Waals surface area contributed by atoms with Gasteiger partial charge in [0.1, 0.15) is 5.82 Å². The molecule has 6 nitrogen and oxygen atoms in total. The molecule has 2 aliphatic heterocycles. The van der Waals surface area contributed by atoms with Gasteiger partial charge in [-0.15, -0.1) is 11.8 Å². The fourth-order valence-electron chi connectivity index (χ4n) is 4.33. The number of likely N-dealkylation sites (tertiary alicyclic amines) is 1. The van der Waals surface area contributed by atoms with Crippen molar-refractivity contribution in [3.05, 3.63) is 66.7 Å². The average molecular weight is 480 g/mol. The van der Waals surface area contributed by atoms with Crippen molar-refractivity contribution in [3.8, 4) is 11.1 Å². The number of nitrogens with zero attached hydrogens (tertiary/aromatic N) is 4. The van der Waals surface area contributed by atoms with E-state index in [0.29, 0.717) is 11.9 Å². The molecule has 2 aromatic carbocycles. The molecule has 34 heavy (non-hydrogen) atoms. The van der Waals surface area contributed by atoms with Crippen LogP contribution in [0.15, 0.2) is 65.8 Å². The third-order valence-corrected chi connectivity index (χ3v) is 6.98. The number of nitrogen functional groups attached to an aromatic ring is 1. The molecule has 178 valence electrons. The average Bonchev–Trinajstić information content (AvgIpc) is 3.32. The first kappa shape index (κ1) is 24.0. The van der Waals surface area contributed by atoms with Crippen LogP contribution in [0.1, 0.15) is 25.7 Å². The van der Waals surface area contributed by atoms with Crippen LogP contribution in [0.3, 0.4) is 0 Å². The van der Waals surface area contributed by atoms with E-state index in [9.17, 15) is 9.18 Å². The van der Waals surface area contributed by atoms with Crippen molar-refractivity contribution in [2.24, 2.45) is 0 Å². The number of rotatable bonds is 4. The molecule has 2 N–H and O–H groups in total. The Labute approximate surface area is 204 Å². The third-order valence-electron chi connectivity index (χ3n) is 6.25. The summed E-state index contributed by atoms with van der Waals surface area (Å²) in [5.41, 5.74) is 7.64. The van der Waals surface area contributed by atoms with Crippen LogP contribution in [0.5, 0.6) is 0 Å². The topological polar surface area (TPSA) is 75.4 Å². The minimum atomic E-state index is -0.341. The minimum absolute atomic E-state index is 0.206. The SMILES string of the molecule is CSc1ccc(N)c(F)c1.O=C1CCCN1C1CCN(c2ncc(-c3ccccc3)cn2)CC1. The lowest BCUT2D eigenvalue weighted by Gasteiger charge is -2.36. The second-order valence-electron chi connectivity index (χ2n) is 8.43. The van der Waals surface area contributed by atoms with Crippen molar-refractivity contribution in [2.45, 2.75) is 36.6 Å². The Morgan fingerprint density at radius 2 is 1.71 bits per heavy atom. The van der Waals surface area contributed by atoms with Gasteiger partial charge in [-0.05, 0) is 49.3 Å². The Balaban J connectivity index is 0.000000231. The van der Waals surface area contributed by atoms with E-state index in [-0.39, 0.29) is 11.5 Å². The van der Waals surface area contributed by atoms with Crippen LogP contribution in [0.25, 0.3) is 11.1 Å². The van der Waals surface area contributed by atoms with Gasteiger partial charge in [0.15, 0.2) is 0 Å². The summed E-state index contributed by atoms with van der Waals surface area (Å²) < 4.78 is 12.6. The summed E-state index contributed by atoms with van der Waals surface area (Å²) in [6, 6.07) is 15.4. The normalized spacial score (nSPS) is 16.4. The molecule has 0 unspecified atom stereocenters. The van der Waals surface area contributed by atoms with Crippen molar-refractivity contribution >= 4 is 29.3 Å². The van der Waals surface area contributed by atoms with Gasteiger partial charge < -0.3 is 15.5 Å². The molecule has 3 aromatic rings. The van der Waals surface area contributed by atoms with Gasteiger partial charge in [-0.2, -0.15) is 0 Å². The van der Waals surface area contributed by atoms with Crippen molar-refractivity contribution in [1.82, 2.24) is 14.9 Å². The van der Waals surface area contributed by atoms with E-state index >= 15 is 0 Å². The molecular weight excluding hydrogens is 449 g/mol. The van der Waals surface area contributed by atoms with E-state index in [2.05, 4.69) is 31.9 Å². The summed E-state index contributed by atoms with van der Waals surface area (Å²) >= 11 is 1.50. The van der Waals surface area contributed by atoms with Gasteiger partial charge >= 0.3 is 0 Å². The molecule has 0 bridgehead atoms. The highest BCUT2D eigenvalue weighted by molar-refractivity contribution is 7.98. The van der Waals surface area contributed by atoms with Crippen molar-refractivity contribution in [3.63, 3.8) is 0 Å². The summed E-state index contributed by atoms with van der Waals surface area (Å²) in [7, 11) is 0. The number of hydrogen-bond donors (Lipinski definition) is 1. The molecule has 3 heterocycles. The van der Waals surface area contributed by atoms with Gasteiger partial charge in [-0.1, -0.05) is 30.3 Å². The summed E-state index contributed by atoms with van der Waals surface area (Å²) in [5, 5.41) is 0. The number of nitrogens with two attached hydrogens (primary N) is 1. The van der Waals surface area contributed by atoms with Gasteiger partial charge in [-0.3, -0.25) is 4.79 Å². The fourth-order valence-corrected chi connectivity index (χ4v) is 4.76. The summed E-state index contributed by atoms with van der Waals surface area (Å²) in [6.07, 6.45) is 9.45. The van der Waals surface area contributed by atoms with Crippen LogP contribution in [0.4, 0.5) is 16.0 Å². The molecule has 0 aliphatic carbocycles. The zero-order chi connectivity index (χ0) is 23.9. The number of halogens is 1. The van der Waals surface area contributed by atoms with Crippen LogP contribution in [-0.4, -0.2) is 52.7 Å². The fraction of sp³-hybridized carbons (Fsp3) is 0.346. The molecule has 5 rings (SSSR count). The quantitative estimate of drug-likeness (QED) is 0.425. The monoisotopic (exact) mass is 479 g/mol. The summed E-state index contributed by atoms with van der Waals surface area (Å²) in [4.78, 5) is 26.2. The van der Waals surface area contributed by atoms with Crippen LogP contribution < -0.4 is 10.6 Å². The van der Waals surface area contributed by atoms with E-state index in [1.54, 1.807) is 12.1 Å². The molecule has 2 fully saturated rings. The Morgan fingerprint density at radius 3 is 2.29 bits per heavy atom. The lowest BCUT2D eigenvalue weighted by Crippen LogP contribution is -2.45. The maximum absolute atomic E-state index is 12.6. The van der Waals surface area contributed by atoms with Gasteiger partial charge in [0.2, 0.25) is 11.9 Å². The highest BCUT2D eigenvalue weighted by Crippen LogP contribution is 2.25. The van der Waals surface area contributed by atoms with Crippen molar-refractivity contribution < 1.29 is 9.18 Å². The molecule has 0 spiro atoms. The standard InChI is InChI=1S/C19H22N4O.C7H8FNS/c24-18-7-4-10-23(18)17-8-11-22(12-9-17)19-20-13-16(14-21-19)15-5-2-1-3-6-15;1-10-5-2-3-7(9)6(8)4-5/h1-3,5-6,13-14,17H,4,7-12H2;2-4H,9H2,1H3. The van der Waals surface area contributed by atoms with E-state index in [4.69, 9.17) is 5.73 Å². The Hall–Kier alpha value is -3.13. The first-order chi connectivity index (χ1) is 16.5. The molecule has 0 atom stereocenters. The molecule has 2 saturated heterocycles. The number of piperidine rings is 1. The Kier molecular flexibility index (Phi) is 8.00. The first-order valence-corrected chi connectivity index (χ1v) is 12.8. The van der Waals surface area contributed by atoms with E-state index in [1.807, 2.05) is 36.8 Å². The number of thioether (sulfide) groups is 1. The maximum atomic E-state index is 12.6. The number of benzene rings is 2. The van der Waals surface area contributed by atoms with Gasteiger partial charge in [0.05, 0.1) is 5.69 Å². The smallest absolute Gasteiger partial charge is 0.225 e. The first-order valence-electron chi connectivity index (χ1n) is 11.6. The predicted molar refractivity (Wildman–Crippen MR) is 136 cm³/mol. The van der Waals surface area contributed by atoms with E-state index in [1.165, 1.54) is 17.8 Å². The van der Waals surface area contributed by atoms with Crippen molar-refractivity contribution in [1.29, 1.82) is 0 Å². The number of anilines is 2. The molecular formula is C26H30FN5OS. The van der Waals surface area contributed by atoms with Crippen LogP contribution in [-0.2, 0) is 4.79 Å². The summed E-state index contributed by atoms with van der Waals surface area (Å²) in [5.74, 6) is 0.782. The zero-order valence-electron chi connectivity index (χ0n) is 19.4. The van der Waals surface area contributed by atoms with Crippen LogP contribution in [0.2, 0.25) is 0 Å². The maximum Gasteiger partial charge on any atom is 0.225 e. The predicted octanol–water partition coefficient (Wildman–Crippen LogP) is 4.86. The minimum Gasteiger partial charge on any atom is -0.396 e. The zero-order valence-corrected chi connectivity index (χ0v) is 20.2. The number of aromatic nitrogens is 2. The largest absolute Gasteiger partial charge is 0.396 e. The molecule has 0 saturated carbocycles. The lowest BCUT2D eigenvalue weighted by molar-refractivity contribution is -0.130. The number of amides is 1. The number of carbonyl (C=O) groups excluding carboxylic acids is 1. The molecule has 1 aromatic heterocycles. The van der Waals surface area contributed by atoms with Crippen LogP contribution >= 0.6 is 11.8 Å². The van der Waals surface area contributed by atoms with Crippen molar-refractivity contribution in [2.75, 3.05) is 36.5 Å². The second kappa shape index (κ2) is 11.3. The number of carbonyl (C=O) groups is 1. The van der Waals surface area contributed by atoms with Gasteiger partial charge in [-0.25, -0.2) is 14.4 Å². The Morgan fingerprint density at radius 1 is 1.00 bits per heavy atom. The van der Waals surface area contributed by atoms with E-state index < -0.39 is 0 Å². The number of hydrogen-bond acceptors (Lipinski definition) is 6. The van der Waals surface area contributed by atoms with Gasteiger partial charge in [0.25, 0.3) is 0 Å². The summed E-state index contributed by atoms with van der Waals surface area (Å²) in [6.45, 7) is 2.77. The third kappa shape index (κ3) is 5.86. The lowest BCUT2D eigenvalue weighted by atomic mass is 10.0. The highest BCUT2D eigenvalue weighted by atomic mass is 32.2. The molecule has 0 radical (unpaired) electrons. The molecule has 2 aliphatic rings. The molecule has 1 amide bonds. The molecule has 8 heteroatoms. The van der Waals surface area contributed by atoms with Crippen LogP contribution in [0, 0.1) is 5.82 Å². The van der Waals surface area contributed by atoms with E-state index in [0.717, 1.165) is 67.3 Å². The Bertz CT molecular complexity index is 1090.